The van der Waals surface area contributed by atoms with Crippen LogP contribution in [0.25, 0.3) is 11.1 Å². The van der Waals surface area contributed by atoms with E-state index in [-0.39, 0.29) is 0 Å². The fraction of sp³-hybridized carbons (Fsp3) is 0.417. The number of pyridine rings is 1. The largest absolute Gasteiger partial charge is 0.491 e. The Bertz CT molecular complexity index is 996. The summed E-state index contributed by atoms with van der Waals surface area (Å²) < 4.78 is 19.2. The Kier molecular flexibility index (Phi) is 5.86. The van der Waals surface area contributed by atoms with E-state index < -0.39 is 0 Å². The van der Waals surface area contributed by atoms with Crippen LogP contribution in [0.1, 0.15) is 5.56 Å². The molecule has 7 heteroatoms. The lowest BCUT2D eigenvalue weighted by molar-refractivity contribution is 0.152. The predicted octanol–water partition coefficient (Wildman–Crippen LogP) is 3.11. The summed E-state index contributed by atoms with van der Waals surface area (Å²) in [7, 11) is 1.66. The molecule has 0 aliphatic carbocycles. The van der Waals surface area contributed by atoms with Crippen molar-refractivity contribution in [3.63, 3.8) is 0 Å². The second kappa shape index (κ2) is 9.08. The number of methoxy groups -OCH3 is 1. The standard InChI is InChI=1S/C24H28N4O3/c1-29-24-22(4-2-7-25-24)18-5-6-23(31-11-10-28-9-3-8-26-28)19(12-18)13-27-14-20-16-30-17-21(20)15-27/h2-9,12,20-21H,10-11,13-17H2,1H3/t20-,21+. The van der Waals surface area contributed by atoms with Gasteiger partial charge in [-0.2, -0.15) is 5.10 Å². The summed E-state index contributed by atoms with van der Waals surface area (Å²) in [6.07, 6.45) is 5.49. The maximum absolute atomic E-state index is 6.20. The van der Waals surface area contributed by atoms with Crippen LogP contribution in [0.5, 0.6) is 11.6 Å². The van der Waals surface area contributed by atoms with Crippen molar-refractivity contribution in [1.29, 1.82) is 0 Å². The van der Waals surface area contributed by atoms with Gasteiger partial charge in [0.1, 0.15) is 12.4 Å². The van der Waals surface area contributed by atoms with Gasteiger partial charge in [-0.05, 0) is 35.9 Å². The van der Waals surface area contributed by atoms with Crippen LogP contribution in [0.4, 0.5) is 0 Å². The third-order valence-corrected chi connectivity index (χ3v) is 6.18. The van der Waals surface area contributed by atoms with Gasteiger partial charge in [-0.25, -0.2) is 4.98 Å². The highest BCUT2D eigenvalue weighted by Crippen LogP contribution is 2.35. The molecule has 3 aromatic rings. The molecule has 0 amide bonds. The summed E-state index contributed by atoms with van der Waals surface area (Å²) >= 11 is 0. The molecule has 7 nitrogen and oxygen atoms in total. The van der Waals surface area contributed by atoms with Crippen LogP contribution in [0.2, 0.25) is 0 Å². The van der Waals surface area contributed by atoms with E-state index in [2.05, 4.69) is 33.2 Å². The van der Waals surface area contributed by atoms with Crippen molar-refractivity contribution >= 4 is 0 Å². The molecule has 0 saturated carbocycles. The molecular weight excluding hydrogens is 392 g/mol. The zero-order chi connectivity index (χ0) is 21.0. The van der Waals surface area contributed by atoms with Gasteiger partial charge in [0.25, 0.3) is 0 Å². The Labute approximate surface area is 182 Å². The molecule has 2 aliphatic heterocycles. The molecule has 2 aliphatic rings. The number of aromatic nitrogens is 3. The molecule has 2 fully saturated rings. The zero-order valence-corrected chi connectivity index (χ0v) is 17.8. The van der Waals surface area contributed by atoms with Gasteiger partial charge >= 0.3 is 0 Å². The Balaban J connectivity index is 1.38. The molecule has 0 radical (unpaired) electrons. The normalized spacial score (nSPS) is 20.7. The molecule has 4 heterocycles. The maximum atomic E-state index is 6.20. The topological polar surface area (TPSA) is 61.6 Å². The van der Waals surface area contributed by atoms with E-state index in [1.54, 1.807) is 19.5 Å². The summed E-state index contributed by atoms with van der Waals surface area (Å²) in [5.74, 6) is 2.87. The van der Waals surface area contributed by atoms with Crippen LogP contribution in [0.3, 0.4) is 0 Å². The minimum atomic E-state index is 0.573. The number of hydrogen-bond donors (Lipinski definition) is 0. The molecular formula is C24H28N4O3. The third kappa shape index (κ3) is 4.43. The number of benzene rings is 1. The summed E-state index contributed by atoms with van der Waals surface area (Å²) in [6, 6.07) is 12.3. The monoisotopic (exact) mass is 420 g/mol. The van der Waals surface area contributed by atoms with Gasteiger partial charge < -0.3 is 14.2 Å². The van der Waals surface area contributed by atoms with Gasteiger partial charge in [-0.1, -0.05) is 6.07 Å². The Hall–Kier alpha value is -2.90. The second-order valence-electron chi connectivity index (χ2n) is 8.25. The number of rotatable bonds is 8. The number of nitrogens with zero attached hydrogens (tertiary/aromatic N) is 4. The van der Waals surface area contributed by atoms with Gasteiger partial charge in [-0.3, -0.25) is 9.58 Å². The van der Waals surface area contributed by atoms with E-state index >= 15 is 0 Å². The van der Waals surface area contributed by atoms with Crippen LogP contribution in [-0.2, 0) is 17.8 Å². The molecule has 1 aromatic carbocycles. The number of ether oxygens (including phenoxy) is 3. The first kappa shape index (κ1) is 20.0. The lowest BCUT2D eigenvalue weighted by atomic mass is 10.0. The molecule has 2 saturated heterocycles. The van der Waals surface area contributed by atoms with Crippen LogP contribution < -0.4 is 9.47 Å². The average Bonchev–Trinajstić information content (AvgIpc) is 3.53. The van der Waals surface area contributed by atoms with Crippen molar-refractivity contribution in [3.8, 4) is 22.8 Å². The van der Waals surface area contributed by atoms with E-state index in [4.69, 9.17) is 14.2 Å². The minimum absolute atomic E-state index is 0.573. The van der Waals surface area contributed by atoms with Gasteiger partial charge in [0.2, 0.25) is 5.88 Å². The number of likely N-dealkylation sites (tertiary alicyclic amines) is 1. The molecule has 0 bridgehead atoms. The van der Waals surface area contributed by atoms with Crippen molar-refractivity contribution in [2.24, 2.45) is 11.8 Å². The summed E-state index contributed by atoms with van der Waals surface area (Å²) in [6.45, 7) is 6.10. The van der Waals surface area contributed by atoms with Crippen LogP contribution in [0.15, 0.2) is 55.0 Å². The molecule has 31 heavy (non-hydrogen) atoms. The number of hydrogen-bond acceptors (Lipinski definition) is 6. The van der Waals surface area contributed by atoms with Gasteiger partial charge in [0, 0.05) is 61.2 Å². The van der Waals surface area contributed by atoms with Crippen molar-refractivity contribution in [2.45, 2.75) is 13.1 Å². The van der Waals surface area contributed by atoms with E-state index in [0.717, 1.165) is 56.3 Å². The Morgan fingerprint density at radius 1 is 1.10 bits per heavy atom. The zero-order valence-electron chi connectivity index (χ0n) is 17.8. The molecule has 5 rings (SSSR count). The van der Waals surface area contributed by atoms with Crippen molar-refractivity contribution in [1.82, 2.24) is 19.7 Å². The lowest BCUT2D eigenvalue weighted by Crippen LogP contribution is -2.23. The van der Waals surface area contributed by atoms with Crippen LogP contribution >= 0.6 is 0 Å². The van der Waals surface area contributed by atoms with Crippen molar-refractivity contribution in [3.05, 3.63) is 60.6 Å². The highest BCUT2D eigenvalue weighted by atomic mass is 16.5. The van der Waals surface area contributed by atoms with Crippen molar-refractivity contribution < 1.29 is 14.2 Å². The van der Waals surface area contributed by atoms with Crippen LogP contribution in [0, 0.1) is 11.8 Å². The highest BCUT2D eigenvalue weighted by molar-refractivity contribution is 5.70. The van der Waals surface area contributed by atoms with Crippen LogP contribution in [-0.4, -0.2) is 59.7 Å². The average molecular weight is 421 g/mol. The first-order chi connectivity index (χ1) is 15.3. The molecule has 0 unspecified atom stereocenters. The smallest absolute Gasteiger partial charge is 0.221 e. The lowest BCUT2D eigenvalue weighted by Gasteiger charge is -2.20. The van der Waals surface area contributed by atoms with E-state index in [0.29, 0.717) is 24.3 Å². The summed E-state index contributed by atoms with van der Waals surface area (Å²) in [5, 5.41) is 4.25. The highest BCUT2D eigenvalue weighted by Gasteiger charge is 2.37. The van der Waals surface area contributed by atoms with Gasteiger partial charge in [0.15, 0.2) is 0 Å². The first-order valence-electron chi connectivity index (χ1n) is 10.8. The van der Waals surface area contributed by atoms with Gasteiger partial charge in [-0.15, -0.1) is 0 Å². The molecule has 162 valence electrons. The van der Waals surface area contributed by atoms with Crippen molar-refractivity contribution in [2.75, 3.05) is 40.0 Å². The second-order valence-corrected chi connectivity index (χ2v) is 8.25. The number of fused-ring (bicyclic) bond motifs is 1. The maximum Gasteiger partial charge on any atom is 0.221 e. The summed E-state index contributed by atoms with van der Waals surface area (Å²) in [4.78, 5) is 6.88. The quantitative estimate of drug-likeness (QED) is 0.558. The molecule has 0 spiro atoms. The fourth-order valence-corrected chi connectivity index (χ4v) is 4.62. The van der Waals surface area contributed by atoms with Gasteiger partial charge in [0.05, 0.1) is 26.9 Å². The summed E-state index contributed by atoms with van der Waals surface area (Å²) in [5.41, 5.74) is 3.26. The third-order valence-electron chi connectivity index (χ3n) is 6.18. The van der Waals surface area contributed by atoms with E-state index in [1.165, 1.54) is 5.56 Å². The Morgan fingerprint density at radius 3 is 2.74 bits per heavy atom. The Morgan fingerprint density at radius 2 is 1.97 bits per heavy atom. The molecule has 0 N–H and O–H groups in total. The SMILES string of the molecule is COc1ncccc1-c1ccc(OCCn2cccn2)c(CN2C[C@H]3COC[C@H]3C2)c1. The predicted molar refractivity (Wildman–Crippen MR) is 117 cm³/mol. The fourth-order valence-electron chi connectivity index (χ4n) is 4.62. The van der Waals surface area contributed by atoms with E-state index in [9.17, 15) is 0 Å². The van der Waals surface area contributed by atoms with E-state index in [1.807, 2.05) is 29.1 Å². The molecule has 2 atom stereocenters. The first-order valence-corrected chi connectivity index (χ1v) is 10.8. The minimum Gasteiger partial charge on any atom is -0.491 e. The molecule has 2 aromatic heterocycles.